The van der Waals surface area contributed by atoms with Crippen LogP contribution in [0.4, 0.5) is 5.69 Å². The fourth-order valence-electron chi connectivity index (χ4n) is 3.05. The van der Waals surface area contributed by atoms with Crippen molar-refractivity contribution in [1.82, 2.24) is 20.1 Å². The zero-order valence-electron chi connectivity index (χ0n) is 16.5. The molecule has 31 heavy (non-hydrogen) atoms. The Morgan fingerprint density at radius 3 is 2.55 bits per heavy atom. The van der Waals surface area contributed by atoms with E-state index in [-0.39, 0.29) is 17.6 Å². The van der Waals surface area contributed by atoms with Gasteiger partial charge in [0.2, 0.25) is 0 Å². The first-order valence-electron chi connectivity index (χ1n) is 9.37. The van der Waals surface area contributed by atoms with E-state index in [9.17, 15) is 9.59 Å². The third-order valence-electron chi connectivity index (χ3n) is 4.67. The number of amides is 2. The Balaban J connectivity index is 1.46. The molecule has 0 unspecified atom stereocenters. The second-order valence-corrected chi connectivity index (χ2v) is 7.46. The number of para-hydroxylation sites is 1. The van der Waals surface area contributed by atoms with E-state index < -0.39 is 0 Å². The van der Waals surface area contributed by atoms with Crippen molar-refractivity contribution in [3.63, 3.8) is 0 Å². The van der Waals surface area contributed by atoms with E-state index in [4.69, 9.17) is 4.42 Å². The summed E-state index contributed by atoms with van der Waals surface area (Å²) < 4.78 is 7.46. The van der Waals surface area contributed by atoms with E-state index >= 15 is 0 Å². The van der Waals surface area contributed by atoms with Gasteiger partial charge >= 0.3 is 0 Å². The number of furan rings is 1. The Hall–Kier alpha value is -3.72. The summed E-state index contributed by atoms with van der Waals surface area (Å²) in [6, 6.07) is 17.8. The number of anilines is 1. The molecule has 0 aliphatic heterocycles. The Morgan fingerprint density at radius 1 is 1.10 bits per heavy atom. The predicted molar refractivity (Wildman–Crippen MR) is 118 cm³/mol. The van der Waals surface area contributed by atoms with Gasteiger partial charge in [0.1, 0.15) is 12.7 Å². The van der Waals surface area contributed by atoms with Gasteiger partial charge in [0.25, 0.3) is 11.8 Å². The molecule has 0 saturated carbocycles. The number of nitrogens with one attached hydrogen (secondary N) is 1. The SMILES string of the molecule is CN(C(=O)c1ccc(Br)o1)c1ccccc1C(=O)NCc1ccc(-n2cncn2)cc1. The second kappa shape index (κ2) is 8.97. The highest BCUT2D eigenvalue weighted by Crippen LogP contribution is 2.23. The molecule has 0 saturated heterocycles. The van der Waals surface area contributed by atoms with Crippen LogP contribution < -0.4 is 10.2 Å². The van der Waals surface area contributed by atoms with Crippen molar-refractivity contribution in [2.75, 3.05) is 11.9 Å². The van der Waals surface area contributed by atoms with Crippen LogP contribution in [-0.2, 0) is 6.54 Å². The highest BCUT2D eigenvalue weighted by Gasteiger charge is 2.21. The fraction of sp³-hybridized carbons (Fsp3) is 0.0909. The number of hydrogen-bond donors (Lipinski definition) is 1. The van der Waals surface area contributed by atoms with Gasteiger partial charge in [-0.15, -0.1) is 0 Å². The van der Waals surface area contributed by atoms with Gasteiger partial charge in [0.05, 0.1) is 16.9 Å². The van der Waals surface area contributed by atoms with Gasteiger partial charge in [0, 0.05) is 13.6 Å². The van der Waals surface area contributed by atoms with Crippen molar-refractivity contribution in [3.05, 3.63) is 94.9 Å². The van der Waals surface area contributed by atoms with Gasteiger partial charge < -0.3 is 14.6 Å². The lowest BCUT2D eigenvalue weighted by molar-refractivity contribution is 0.0951. The zero-order chi connectivity index (χ0) is 21.8. The summed E-state index contributed by atoms with van der Waals surface area (Å²) in [5.41, 5.74) is 2.68. The molecule has 0 atom stereocenters. The summed E-state index contributed by atoms with van der Waals surface area (Å²) in [6.45, 7) is 0.341. The van der Waals surface area contributed by atoms with Gasteiger partial charge in [-0.2, -0.15) is 5.10 Å². The third kappa shape index (κ3) is 4.56. The molecule has 2 heterocycles. The molecule has 0 aliphatic carbocycles. The van der Waals surface area contributed by atoms with E-state index in [1.54, 1.807) is 54.5 Å². The standard InChI is InChI=1S/C22H18BrN5O3/c1-27(22(30)19-10-11-20(23)31-19)18-5-3-2-4-17(18)21(29)25-12-15-6-8-16(9-7-15)28-14-24-13-26-28/h2-11,13-14H,12H2,1H3,(H,25,29). The molecule has 2 amide bonds. The molecule has 0 fully saturated rings. The molecule has 0 radical (unpaired) electrons. The summed E-state index contributed by atoms with van der Waals surface area (Å²) >= 11 is 3.19. The Bertz CT molecular complexity index is 1200. The maximum absolute atomic E-state index is 12.9. The van der Waals surface area contributed by atoms with E-state index in [0.29, 0.717) is 22.5 Å². The van der Waals surface area contributed by atoms with Crippen LogP contribution in [0.3, 0.4) is 0 Å². The molecule has 0 bridgehead atoms. The molecule has 0 spiro atoms. The summed E-state index contributed by atoms with van der Waals surface area (Å²) in [7, 11) is 1.60. The van der Waals surface area contributed by atoms with Gasteiger partial charge in [-0.25, -0.2) is 9.67 Å². The number of benzene rings is 2. The van der Waals surface area contributed by atoms with Crippen LogP contribution >= 0.6 is 15.9 Å². The lowest BCUT2D eigenvalue weighted by atomic mass is 10.1. The summed E-state index contributed by atoms with van der Waals surface area (Å²) in [4.78, 5) is 30.9. The molecule has 2 aromatic heterocycles. The number of nitrogens with zero attached hydrogens (tertiary/aromatic N) is 4. The number of aromatic nitrogens is 3. The molecule has 1 N–H and O–H groups in total. The number of carbonyl (C=O) groups excluding carboxylic acids is 2. The first-order chi connectivity index (χ1) is 15.0. The lowest BCUT2D eigenvalue weighted by Crippen LogP contribution is -2.30. The van der Waals surface area contributed by atoms with E-state index in [0.717, 1.165) is 11.3 Å². The van der Waals surface area contributed by atoms with Crippen molar-refractivity contribution < 1.29 is 14.0 Å². The van der Waals surface area contributed by atoms with Gasteiger partial charge in [-0.05, 0) is 57.9 Å². The van der Waals surface area contributed by atoms with Crippen LogP contribution in [0.2, 0.25) is 0 Å². The summed E-state index contributed by atoms with van der Waals surface area (Å²) in [5, 5.41) is 6.99. The van der Waals surface area contributed by atoms with Crippen LogP contribution in [0.25, 0.3) is 5.69 Å². The largest absolute Gasteiger partial charge is 0.444 e. The van der Waals surface area contributed by atoms with Gasteiger partial charge in [-0.1, -0.05) is 24.3 Å². The Morgan fingerprint density at radius 2 is 1.87 bits per heavy atom. The quantitative estimate of drug-likeness (QED) is 0.453. The molecule has 9 heteroatoms. The topological polar surface area (TPSA) is 93.3 Å². The van der Waals surface area contributed by atoms with Crippen LogP contribution in [0.1, 0.15) is 26.5 Å². The summed E-state index contributed by atoms with van der Waals surface area (Å²) in [6.07, 6.45) is 3.09. The number of carbonyl (C=O) groups is 2. The number of halogens is 1. The monoisotopic (exact) mass is 479 g/mol. The molecule has 156 valence electrons. The van der Waals surface area contributed by atoms with Crippen molar-refractivity contribution in [2.24, 2.45) is 0 Å². The average Bonchev–Trinajstić information content (AvgIpc) is 3.49. The van der Waals surface area contributed by atoms with Gasteiger partial charge in [0.15, 0.2) is 10.4 Å². The Labute approximate surface area is 186 Å². The first kappa shape index (κ1) is 20.5. The van der Waals surface area contributed by atoms with E-state index in [1.165, 1.54) is 11.2 Å². The van der Waals surface area contributed by atoms with Gasteiger partial charge in [-0.3, -0.25) is 9.59 Å². The molecular formula is C22H18BrN5O3. The molecule has 4 rings (SSSR count). The third-order valence-corrected chi connectivity index (χ3v) is 5.10. The second-order valence-electron chi connectivity index (χ2n) is 6.67. The highest BCUT2D eigenvalue weighted by molar-refractivity contribution is 9.10. The maximum atomic E-state index is 12.9. The normalized spacial score (nSPS) is 10.6. The van der Waals surface area contributed by atoms with Crippen molar-refractivity contribution >= 4 is 33.4 Å². The number of hydrogen-bond acceptors (Lipinski definition) is 5. The first-order valence-corrected chi connectivity index (χ1v) is 10.2. The van der Waals surface area contributed by atoms with Crippen LogP contribution in [-0.4, -0.2) is 33.6 Å². The molecule has 2 aromatic carbocycles. The molecule has 4 aromatic rings. The molecule has 8 nitrogen and oxygen atoms in total. The fourth-order valence-corrected chi connectivity index (χ4v) is 3.35. The average molecular weight is 480 g/mol. The molecular weight excluding hydrogens is 462 g/mol. The predicted octanol–water partition coefficient (Wildman–Crippen LogP) is 3.83. The summed E-state index contributed by atoms with van der Waals surface area (Å²) in [5.74, 6) is -0.456. The van der Waals surface area contributed by atoms with Crippen molar-refractivity contribution in [1.29, 1.82) is 0 Å². The van der Waals surface area contributed by atoms with Crippen LogP contribution in [0.15, 0.2) is 82.4 Å². The molecule has 0 aliphatic rings. The minimum absolute atomic E-state index is 0.178. The lowest BCUT2D eigenvalue weighted by Gasteiger charge is -2.19. The minimum atomic E-state index is -0.352. The zero-order valence-corrected chi connectivity index (χ0v) is 18.1. The van der Waals surface area contributed by atoms with Crippen LogP contribution in [0, 0.1) is 0 Å². The van der Waals surface area contributed by atoms with E-state index in [1.807, 2.05) is 24.3 Å². The smallest absolute Gasteiger partial charge is 0.293 e. The number of rotatable bonds is 6. The van der Waals surface area contributed by atoms with Crippen molar-refractivity contribution in [3.8, 4) is 5.69 Å². The minimum Gasteiger partial charge on any atom is -0.444 e. The van der Waals surface area contributed by atoms with Crippen LogP contribution in [0.5, 0.6) is 0 Å². The van der Waals surface area contributed by atoms with E-state index in [2.05, 4.69) is 31.3 Å². The highest BCUT2D eigenvalue weighted by atomic mass is 79.9. The maximum Gasteiger partial charge on any atom is 0.293 e. The van der Waals surface area contributed by atoms with Crippen molar-refractivity contribution in [2.45, 2.75) is 6.54 Å². The Kier molecular flexibility index (Phi) is 5.94.